The third kappa shape index (κ3) is 5.93. The molecular weight excluding hydrogens is 439 g/mol. The monoisotopic (exact) mass is 458 g/mol. The van der Waals surface area contributed by atoms with Crippen LogP contribution in [0.15, 0.2) is 48.8 Å². The molecule has 0 spiro atoms. The van der Waals surface area contributed by atoms with Crippen LogP contribution in [0.2, 0.25) is 10.0 Å². The van der Waals surface area contributed by atoms with E-state index in [1.165, 1.54) is 12.4 Å². The Balaban J connectivity index is 1.70. The molecule has 0 saturated heterocycles. The Bertz CT molecular complexity index is 1080. The van der Waals surface area contributed by atoms with Crippen LogP contribution in [-0.4, -0.2) is 33.0 Å². The van der Waals surface area contributed by atoms with Crippen LogP contribution in [0.3, 0.4) is 0 Å². The number of nitrogens with zero attached hydrogens (tertiary/aromatic N) is 2. The molecule has 1 atom stereocenters. The van der Waals surface area contributed by atoms with Gasteiger partial charge in [0, 0.05) is 30.1 Å². The Labute approximate surface area is 189 Å². The third-order valence-electron chi connectivity index (χ3n) is 4.47. The summed E-state index contributed by atoms with van der Waals surface area (Å²) in [5.41, 5.74) is 3.20. The van der Waals surface area contributed by atoms with E-state index in [1.807, 2.05) is 19.9 Å². The quantitative estimate of drug-likeness (QED) is 0.471. The predicted molar refractivity (Wildman–Crippen MR) is 121 cm³/mol. The number of aromatic nitrogens is 2. The van der Waals surface area contributed by atoms with Crippen molar-refractivity contribution in [3.63, 3.8) is 0 Å². The Morgan fingerprint density at radius 2 is 1.71 bits per heavy atom. The van der Waals surface area contributed by atoms with Crippen LogP contribution in [-0.2, 0) is 11.2 Å². The Hall–Kier alpha value is -3.16. The minimum absolute atomic E-state index is 0.216. The van der Waals surface area contributed by atoms with Gasteiger partial charge in [-0.1, -0.05) is 35.3 Å². The van der Waals surface area contributed by atoms with Gasteiger partial charge in [0.1, 0.15) is 11.9 Å². The highest BCUT2D eigenvalue weighted by atomic mass is 35.5. The highest BCUT2D eigenvalue weighted by Gasteiger charge is 2.19. The van der Waals surface area contributed by atoms with E-state index >= 15 is 0 Å². The second kappa shape index (κ2) is 9.76. The first-order valence-corrected chi connectivity index (χ1v) is 10.1. The Morgan fingerprint density at radius 1 is 1.06 bits per heavy atom. The Morgan fingerprint density at radius 3 is 2.29 bits per heavy atom. The number of pyridine rings is 2. The molecule has 160 valence electrons. The molecule has 0 saturated carbocycles. The molecule has 1 unspecified atom stereocenters. The molecule has 31 heavy (non-hydrogen) atoms. The largest absolute Gasteiger partial charge is 0.480 e. The van der Waals surface area contributed by atoms with Crippen molar-refractivity contribution < 1.29 is 14.7 Å². The highest BCUT2D eigenvalue weighted by molar-refractivity contribution is 6.39. The van der Waals surface area contributed by atoms with Crippen LogP contribution in [0.5, 0.6) is 0 Å². The zero-order valence-corrected chi connectivity index (χ0v) is 18.3. The van der Waals surface area contributed by atoms with Crippen LogP contribution in [0.4, 0.5) is 11.5 Å². The number of rotatable bonds is 7. The summed E-state index contributed by atoms with van der Waals surface area (Å²) >= 11 is 12.1. The minimum atomic E-state index is -0.996. The van der Waals surface area contributed by atoms with Gasteiger partial charge in [0.25, 0.3) is 5.91 Å². The lowest BCUT2D eigenvalue weighted by atomic mass is 10.0. The van der Waals surface area contributed by atoms with Crippen molar-refractivity contribution in [2.75, 3.05) is 10.6 Å². The number of anilines is 2. The van der Waals surface area contributed by atoms with Crippen LogP contribution < -0.4 is 10.6 Å². The van der Waals surface area contributed by atoms with Crippen LogP contribution in [0, 0.1) is 13.8 Å². The maximum absolute atomic E-state index is 12.5. The molecule has 3 rings (SSSR count). The molecule has 0 aliphatic heterocycles. The fourth-order valence-electron chi connectivity index (χ4n) is 3.04. The number of carbonyl (C=O) groups is 2. The lowest BCUT2D eigenvalue weighted by Crippen LogP contribution is -2.32. The third-order valence-corrected chi connectivity index (χ3v) is 5.04. The van der Waals surface area contributed by atoms with Gasteiger partial charge in [0.2, 0.25) is 0 Å². The van der Waals surface area contributed by atoms with E-state index in [0.717, 1.165) is 16.8 Å². The lowest BCUT2D eigenvalue weighted by molar-refractivity contribution is -0.137. The molecule has 0 aliphatic carbocycles. The molecule has 1 amide bonds. The van der Waals surface area contributed by atoms with Gasteiger partial charge in [-0.25, -0.2) is 9.78 Å². The van der Waals surface area contributed by atoms with Gasteiger partial charge in [-0.3, -0.25) is 9.78 Å². The first kappa shape index (κ1) is 22.5. The molecule has 3 aromatic rings. The van der Waals surface area contributed by atoms with E-state index in [2.05, 4.69) is 20.6 Å². The molecular formula is C22H20Cl2N4O3. The fraction of sp³-hybridized carbons (Fsp3) is 0.182. The van der Waals surface area contributed by atoms with Crippen molar-refractivity contribution in [3.05, 3.63) is 81.2 Å². The number of hydrogen-bond donors (Lipinski definition) is 3. The number of aliphatic carboxylic acids is 1. The average Bonchev–Trinajstić information content (AvgIpc) is 2.70. The van der Waals surface area contributed by atoms with E-state index in [-0.39, 0.29) is 22.2 Å². The van der Waals surface area contributed by atoms with Crippen LogP contribution in [0.25, 0.3) is 0 Å². The normalized spacial score (nSPS) is 11.6. The van der Waals surface area contributed by atoms with E-state index in [9.17, 15) is 14.7 Å². The summed E-state index contributed by atoms with van der Waals surface area (Å²) in [7, 11) is 0. The molecule has 0 fully saturated rings. The van der Waals surface area contributed by atoms with E-state index in [0.29, 0.717) is 11.4 Å². The number of aryl methyl sites for hydroxylation is 2. The summed E-state index contributed by atoms with van der Waals surface area (Å²) in [5, 5.41) is 15.7. The summed E-state index contributed by atoms with van der Waals surface area (Å²) in [6.45, 7) is 3.77. The number of halogens is 2. The SMILES string of the molecule is Cc1cc(C)nc(NC(Cc2ccc(C(=O)Nc3c(Cl)cncc3Cl)cc2)C(=O)O)c1. The zero-order valence-electron chi connectivity index (χ0n) is 16.8. The molecule has 2 heterocycles. The first-order chi connectivity index (χ1) is 14.7. The van der Waals surface area contributed by atoms with Crippen molar-refractivity contribution >= 4 is 46.6 Å². The van der Waals surface area contributed by atoms with Crippen molar-refractivity contribution in [1.82, 2.24) is 9.97 Å². The number of carboxylic acids is 1. The van der Waals surface area contributed by atoms with Crippen LogP contribution in [0.1, 0.15) is 27.2 Å². The van der Waals surface area contributed by atoms with Gasteiger partial charge in [0.15, 0.2) is 0 Å². The van der Waals surface area contributed by atoms with E-state index in [1.54, 1.807) is 30.3 Å². The number of benzene rings is 1. The Kier molecular flexibility index (Phi) is 7.09. The van der Waals surface area contributed by atoms with Crippen LogP contribution >= 0.6 is 23.2 Å². The molecule has 2 aromatic heterocycles. The molecule has 9 heteroatoms. The van der Waals surface area contributed by atoms with Crippen molar-refractivity contribution in [1.29, 1.82) is 0 Å². The second-order valence-corrected chi connectivity index (χ2v) is 7.85. The molecule has 3 N–H and O–H groups in total. The van der Waals surface area contributed by atoms with Crippen molar-refractivity contribution in [2.45, 2.75) is 26.3 Å². The molecule has 0 aliphatic rings. The predicted octanol–water partition coefficient (Wildman–Crippen LogP) is 4.76. The average molecular weight is 459 g/mol. The topological polar surface area (TPSA) is 104 Å². The number of hydrogen-bond acceptors (Lipinski definition) is 5. The van der Waals surface area contributed by atoms with Gasteiger partial charge in [-0.05, 0) is 49.2 Å². The van der Waals surface area contributed by atoms with E-state index in [4.69, 9.17) is 23.2 Å². The summed E-state index contributed by atoms with van der Waals surface area (Å²) in [5.74, 6) is -0.884. The molecule has 1 aromatic carbocycles. The second-order valence-electron chi connectivity index (χ2n) is 7.04. The number of nitrogens with one attached hydrogen (secondary N) is 2. The number of carboxylic acid groups (broad SMARTS) is 1. The van der Waals surface area contributed by atoms with E-state index < -0.39 is 17.9 Å². The van der Waals surface area contributed by atoms with Gasteiger partial charge in [-0.15, -0.1) is 0 Å². The standard InChI is InChI=1S/C22H20Cl2N4O3/c1-12-7-13(2)26-19(8-12)27-18(22(30)31)9-14-3-5-15(6-4-14)21(29)28-20-16(23)10-25-11-17(20)24/h3-8,10-11,18H,9H2,1-2H3,(H,26,27)(H,30,31)(H,25,28,29). The summed E-state index contributed by atoms with van der Waals surface area (Å²) < 4.78 is 0. The fourth-order valence-corrected chi connectivity index (χ4v) is 3.50. The number of amides is 1. The molecule has 0 radical (unpaired) electrons. The summed E-state index contributed by atoms with van der Waals surface area (Å²) in [6, 6.07) is 9.48. The maximum atomic E-state index is 12.5. The summed E-state index contributed by atoms with van der Waals surface area (Å²) in [4.78, 5) is 32.4. The summed E-state index contributed by atoms with van der Waals surface area (Å²) in [6.07, 6.45) is 2.99. The van der Waals surface area contributed by atoms with Gasteiger partial charge in [-0.2, -0.15) is 0 Å². The van der Waals surface area contributed by atoms with Crippen molar-refractivity contribution in [2.24, 2.45) is 0 Å². The highest BCUT2D eigenvalue weighted by Crippen LogP contribution is 2.29. The zero-order chi connectivity index (χ0) is 22.5. The molecule has 0 bridgehead atoms. The van der Waals surface area contributed by atoms with Gasteiger partial charge < -0.3 is 15.7 Å². The minimum Gasteiger partial charge on any atom is -0.480 e. The molecule has 7 nitrogen and oxygen atoms in total. The first-order valence-electron chi connectivity index (χ1n) is 9.37. The van der Waals surface area contributed by atoms with Crippen molar-refractivity contribution in [3.8, 4) is 0 Å². The lowest BCUT2D eigenvalue weighted by Gasteiger charge is -2.16. The van der Waals surface area contributed by atoms with Gasteiger partial charge in [0.05, 0.1) is 15.7 Å². The smallest absolute Gasteiger partial charge is 0.326 e. The number of carbonyl (C=O) groups excluding carboxylic acids is 1. The maximum Gasteiger partial charge on any atom is 0.326 e. The van der Waals surface area contributed by atoms with Gasteiger partial charge >= 0.3 is 5.97 Å².